The second kappa shape index (κ2) is 4.08. The van der Waals surface area contributed by atoms with Crippen molar-refractivity contribution < 1.29 is 8.78 Å². The third-order valence-electron chi connectivity index (χ3n) is 2.92. The first kappa shape index (κ1) is 12.5. The third kappa shape index (κ3) is 1.96. The van der Waals surface area contributed by atoms with E-state index in [2.05, 4.69) is 5.10 Å². The molecule has 0 unspecified atom stereocenters. The van der Waals surface area contributed by atoms with Crippen LogP contribution >= 0.6 is 0 Å². The van der Waals surface area contributed by atoms with Crippen molar-refractivity contribution >= 4 is 5.82 Å². The Hall–Kier alpha value is -1.91. The lowest BCUT2D eigenvalue weighted by atomic mass is 9.98. The standard InChI is InChI=1S/C13H15F2N3/c1-8-6-4-5-7-9(8)10-11(13(2,14)15)17-18(3)12(10)16/h4-7H,16H2,1-3H3. The number of alkyl halides is 2. The normalized spacial score (nSPS) is 11.8. The zero-order valence-corrected chi connectivity index (χ0v) is 10.5. The van der Waals surface area contributed by atoms with Gasteiger partial charge in [-0.3, -0.25) is 4.68 Å². The molecule has 0 spiro atoms. The predicted octanol–water partition coefficient (Wildman–Crippen LogP) is 3.09. The largest absolute Gasteiger partial charge is 0.383 e. The molecule has 2 rings (SSSR count). The van der Waals surface area contributed by atoms with Gasteiger partial charge < -0.3 is 5.73 Å². The lowest BCUT2D eigenvalue weighted by Crippen LogP contribution is -2.10. The van der Waals surface area contributed by atoms with E-state index in [1.54, 1.807) is 19.2 Å². The second-order valence-electron chi connectivity index (χ2n) is 4.44. The minimum absolute atomic E-state index is 0.251. The van der Waals surface area contributed by atoms with Crippen molar-refractivity contribution in [1.29, 1.82) is 0 Å². The fourth-order valence-corrected chi connectivity index (χ4v) is 1.96. The lowest BCUT2D eigenvalue weighted by Gasteiger charge is -2.11. The van der Waals surface area contributed by atoms with Crippen molar-refractivity contribution in [1.82, 2.24) is 9.78 Å². The van der Waals surface area contributed by atoms with Crippen LogP contribution < -0.4 is 5.73 Å². The smallest absolute Gasteiger partial charge is 0.289 e. The van der Waals surface area contributed by atoms with Gasteiger partial charge in [0.25, 0.3) is 5.92 Å². The van der Waals surface area contributed by atoms with E-state index in [4.69, 9.17) is 5.73 Å². The summed E-state index contributed by atoms with van der Waals surface area (Å²) in [6.07, 6.45) is 0. The maximum absolute atomic E-state index is 13.6. The molecule has 1 heterocycles. The number of nitrogens with zero attached hydrogens (tertiary/aromatic N) is 2. The van der Waals surface area contributed by atoms with Gasteiger partial charge in [-0.05, 0) is 18.1 Å². The van der Waals surface area contributed by atoms with Crippen molar-refractivity contribution in [3.05, 3.63) is 35.5 Å². The number of benzene rings is 1. The van der Waals surface area contributed by atoms with E-state index in [-0.39, 0.29) is 11.5 Å². The van der Waals surface area contributed by atoms with Gasteiger partial charge in [0.2, 0.25) is 0 Å². The van der Waals surface area contributed by atoms with Gasteiger partial charge in [-0.25, -0.2) is 0 Å². The Morgan fingerprint density at radius 3 is 2.44 bits per heavy atom. The summed E-state index contributed by atoms with van der Waals surface area (Å²) >= 11 is 0. The van der Waals surface area contributed by atoms with Gasteiger partial charge in [-0.1, -0.05) is 24.3 Å². The number of hydrogen-bond acceptors (Lipinski definition) is 2. The fraction of sp³-hybridized carbons (Fsp3) is 0.308. The minimum Gasteiger partial charge on any atom is -0.383 e. The average molecular weight is 251 g/mol. The minimum atomic E-state index is -3.02. The summed E-state index contributed by atoms with van der Waals surface area (Å²) in [5, 5.41) is 3.84. The molecular weight excluding hydrogens is 236 g/mol. The zero-order chi connectivity index (χ0) is 13.5. The van der Waals surface area contributed by atoms with E-state index in [1.165, 1.54) is 4.68 Å². The molecule has 1 aromatic carbocycles. The second-order valence-corrected chi connectivity index (χ2v) is 4.44. The van der Waals surface area contributed by atoms with E-state index in [9.17, 15) is 8.78 Å². The van der Waals surface area contributed by atoms with Crippen LogP contribution in [0.4, 0.5) is 14.6 Å². The first-order valence-corrected chi connectivity index (χ1v) is 5.59. The highest BCUT2D eigenvalue weighted by atomic mass is 19.3. The molecule has 2 aromatic rings. The quantitative estimate of drug-likeness (QED) is 0.891. The van der Waals surface area contributed by atoms with Crippen LogP contribution in [0.1, 0.15) is 18.2 Å². The van der Waals surface area contributed by atoms with Gasteiger partial charge in [0.1, 0.15) is 11.5 Å². The molecule has 0 fully saturated rings. The third-order valence-corrected chi connectivity index (χ3v) is 2.92. The monoisotopic (exact) mass is 251 g/mol. The summed E-state index contributed by atoms with van der Waals surface area (Å²) in [6.45, 7) is 2.69. The number of hydrogen-bond donors (Lipinski definition) is 1. The van der Waals surface area contributed by atoms with E-state index < -0.39 is 5.92 Å². The number of aromatic nitrogens is 2. The molecule has 0 bridgehead atoms. The Bertz CT molecular complexity index is 582. The molecule has 2 N–H and O–H groups in total. The number of rotatable bonds is 2. The molecule has 18 heavy (non-hydrogen) atoms. The number of nitrogens with two attached hydrogens (primary N) is 1. The van der Waals surface area contributed by atoms with Crippen molar-refractivity contribution in [3.63, 3.8) is 0 Å². The molecule has 1 aromatic heterocycles. The summed E-state index contributed by atoms with van der Waals surface area (Å²) < 4.78 is 28.5. The summed E-state index contributed by atoms with van der Waals surface area (Å²) in [5.74, 6) is -2.77. The SMILES string of the molecule is Cc1ccccc1-c1c(C(C)(F)F)nn(C)c1N. The van der Waals surface area contributed by atoms with Gasteiger partial charge in [0.15, 0.2) is 0 Å². The molecule has 0 saturated heterocycles. The van der Waals surface area contributed by atoms with Crippen LogP contribution in [0.3, 0.4) is 0 Å². The summed E-state index contributed by atoms with van der Waals surface area (Å²) in [6, 6.07) is 7.29. The summed E-state index contributed by atoms with van der Waals surface area (Å²) in [4.78, 5) is 0. The van der Waals surface area contributed by atoms with Crippen LogP contribution in [0.25, 0.3) is 11.1 Å². The summed E-state index contributed by atoms with van der Waals surface area (Å²) in [5.41, 5.74) is 7.50. The molecule has 0 aliphatic carbocycles. The number of nitrogen functional groups attached to an aromatic ring is 1. The summed E-state index contributed by atoms with van der Waals surface area (Å²) in [7, 11) is 1.56. The number of halogens is 2. The Balaban J connectivity index is 2.75. The molecule has 0 aliphatic heterocycles. The predicted molar refractivity (Wildman–Crippen MR) is 67.4 cm³/mol. The number of anilines is 1. The fourth-order valence-electron chi connectivity index (χ4n) is 1.96. The Labute approximate surface area is 104 Å². The van der Waals surface area contributed by atoms with Crippen molar-refractivity contribution in [2.75, 3.05) is 5.73 Å². The van der Waals surface area contributed by atoms with Gasteiger partial charge in [-0.2, -0.15) is 13.9 Å². The zero-order valence-electron chi connectivity index (χ0n) is 10.5. The first-order valence-electron chi connectivity index (χ1n) is 5.59. The molecule has 3 nitrogen and oxygen atoms in total. The van der Waals surface area contributed by atoms with Gasteiger partial charge in [0, 0.05) is 14.0 Å². The van der Waals surface area contributed by atoms with Crippen molar-refractivity contribution in [3.8, 4) is 11.1 Å². The Morgan fingerprint density at radius 2 is 1.89 bits per heavy atom. The van der Waals surface area contributed by atoms with Crippen molar-refractivity contribution in [2.24, 2.45) is 7.05 Å². The van der Waals surface area contributed by atoms with E-state index >= 15 is 0 Å². The van der Waals surface area contributed by atoms with Crippen LogP contribution in [-0.2, 0) is 13.0 Å². The highest BCUT2D eigenvalue weighted by molar-refractivity contribution is 5.79. The van der Waals surface area contributed by atoms with Crippen LogP contribution in [-0.4, -0.2) is 9.78 Å². The highest BCUT2D eigenvalue weighted by Crippen LogP contribution is 2.39. The van der Waals surface area contributed by atoms with E-state index in [1.807, 2.05) is 19.1 Å². The topological polar surface area (TPSA) is 43.8 Å². The Morgan fingerprint density at radius 1 is 1.28 bits per heavy atom. The average Bonchev–Trinajstić information content (AvgIpc) is 2.57. The van der Waals surface area contributed by atoms with Gasteiger partial charge in [-0.15, -0.1) is 0 Å². The van der Waals surface area contributed by atoms with E-state index in [0.29, 0.717) is 11.1 Å². The lowest BCUT2D eigenvalue weighted by molar-refractivity contribution is 0.0128. The van der Waals surface area contributed by atoms with Gasteiger partial charge >= 0.3 is 0 Å². The molecule has 5 heteroatoms. The highest BCUT2D eigenvalue weighted by Gasteiger charge is 2.34. The number of aryl methyl sites for hydroxylation is 2. The molecular formula is C13H15F2N3. The maximum atomic E-state index is 13.6. The van der Waals surface area contributed by atoms with Crippen LogP contribution in [0.15, 0.2) is 24.3 Å². The first-order chi connectivity index (χ1) is 8.32. The maximum Gasteiger partial charge on any atom is 0.289 e. The Kier molecular flexibility index (Phi) is 2.84. The molecule has 0 amide bonds. The molecule has 0 atom stereocenters. The molecule has 96 valence electrons. The van der Waals surface area contributed by atoms with Crippen molar-refractivity contribution in [2.45, 2.75) is 19.8 Å². The molecule has 0 radical (unpaired) electrons. The van der Waals surface area contributed by atoms with Crippen LogP contribution in [0, 0.1) is 6.92 Å². The van der Waals surface area contributed by atoms with Crippen LogP contribution in [0.2, 0.25) is 0 Å². The molecule has 0 aliphatic rings. The molecule has 0 saturated carbocycles. The van der Waals surface area contributed by atoms with Crippen LogP contribution in [0.5, 0.6) is 0 Å². The van der Waals surface area contributed by atoms with Gasteiger partial charge in [0.05, 0.1) is 5.56 Å². The van der Waals surface area contributed by atoms with E-state index in [0.717, 1.165) is 12.5 Å².